The molecule has 3 nitrogen and oxygen atoms in total. The molecule has 100 valence electrons. The molecule has 0 amide bonds. The number of halogens is 2. The van der Waals surface area contributed by atoms with Gasteiger partial charge in [0.25, 0.3) is 5.22 Å². The number of nitrogens with zero attached hydrogens (tertiary/aromatic N) is 2. The standard InChI is InChI=1S/C13H12Cl2N2OS/c1-8-2-4-9(5-3-8)11-16-17-12(18-11)19-7-10-6-13(10,14)15/h2-5,10H,6-7H2,1H3. The van der Waals surface area contributed by atoms with E-state index < -0.39 is 4.33 Å². The van der Waals surface area contributed by atoms with Crippen LogP contribution in [-0.2, 0) is 0 Å². The molecule has 6 heteroatoms. The maximum absolute atomic E-state index is 5.97. The second-order valence-corrected chi connectivity index (χ2v) is 7.23. The average Bonchev–Trinajstić information content (AvgIpc) is 2.79. The highest BCUT2D eigenvalue weighted by molar-refractivity contribution is 7.99. The normalized spacial score (nSPS) is 20.5. The van der Waals surface area contributed by atoms with Crippen LogP contribution in [0.15, 0.2) is 33.9 Å². The number of aromatic nitrogens is 2. The highest BCUT2D eigenvalue weighted by atomic mass is 35.5. The van der Waals surface area contributed by atoms with Crippen LogP contribution in [-0.4, -0.2) is 20.3 Å². The minimum absolute atomic E-state index is 0.315. The Morgan fingerprint density at radius 1 is 1.32 bits per heavy atom. The Kier molecular flexibility index (Phi) is 3.50. The molecule has 19 heavy (non-hydrogen) atoms. The molecule has 2 aromatic rings. The van der Waals surface area contributed by atoms with Gasteiger partial charge >= 0.3 is 0 Å². The molecule has 1 aromatic carbocycles. The molecule has 0 spiro atoms. The second kappa shape index (κ2) is 5.00. The van der Waals surface area contributed by atoms with Crippen molar-refractivity contribution >= 4 is 35.0 Å². The Morgan fingerprint density at radius 2 is 2.00 bits per heavy atom. The molecule has 1 aliphatic carbocycles. The zero-order chi connectivity index (χ0) is 13.5. The molecule has 0 radical (unpaired) electrons. The molecule has 0 saturated heterocycles. The zero-order valence-corrected chi connectivity index (χ0v) is 12.6. The van der Waals surface area contributed by atoms with Crippen LogP contribution in [0.3, 0.4) is 0 Å². The van der Waals surface area contributed by atoms with E-state index in [1.807, 2.05) is 31.2 Å². The lowest BCUT2D eigenvalue weighted by molar-refractivity contribution is 0.465. The molecule has 1 aliphatic rings. The SMILES string of the molecule is Cc1ccc(-c2nnc(SCC3CC3(Cl)Cl)o2)cc1. The summed E-state index contributed by atoms with van der Waals surface area (Å²) in [7, 11) is 0. The van der Waals surface area contributed by atoms with Gasteiger partial charge in [0.15, 0.2) is 0 Å². The van der Waals surface area contributed by atoms with Gasteiger partial charge in [-0.25, -0.2) is 0 Å². The molecule has 1 atom stereocenters. The fourth-order valence-electron chi connectivity index (χ4n) is 1.70. The van der Waals surface area contributed by atoms with E-state index in [2.05, 4.69) is 10.2 Å². The number of hydrogen-bond donors (Lipinski definition) is 0. The van der Waals surface area contributed by atoms with Crippen molar-refractivity contribution in [1.29, 1.82) is 0 Å². The molecule has 0 bridgehead atoms. The molecule has 0 aliphatic heterocycles. The van der Waals surface area contributed by atoms with Gasteiger partial charge in [-0.15, -0.1) is 33.4 Å². The predicted octanol–water partition coefficient (Wildman–Crippen LogP) is 4.33. The largest absolute Gasteiger partial charge is 0.411 e. The van der Waals surface area contributed by atoms with Crippen molar-refractivity contribution in [3.05, 3.63) is 29.8 Å². The van der Waals surface area contributed by atoms with E-state index in [9.17, 15) is 0 Å². The molecule has 1 heterocycles. The number of hydrogen-bond acceptors (Lipinski definition) is 4. The summed E-state index contributed by atoms with van der Waals surface area (Å²) in [6.07, 6.45) is 0.835. The summed E-state index contributed by atoms with van der Waals surface area (Å²) in [5.74, 6) is 1.67. The van der Waals surface area contributed by atoms with Crippen molar-refractivity contribution in [3.63, 3.8) is 0 Å². The van der Waals surface area contributed by atoms with E-state index in [1.165, 1.54) is 17.3 Å². The third kappa shape index (κ3) is 3.07. The lowest BCUT2D eigenvalue weighted by Gasteiger charge is -1.97. The van der Waals surface area contributed by atoms with E-state index in [0.717, 1.165) is 17.7 Å². The van der Waals surface area contributed by atoms with Gasteiger partial charge in [0.2, 0.25) is 5.89 Å². The molecular formula is C13H12Cl2N2OS. The summed E-state index contributed by atoms with van der Waals surface area (Å²) in [5, 5.41) is 8.63. The van der Waals surface area contributed by atoms with E-state index in [4.69, 9.17) is 27.6 Å². The Bertz CT molecular complexity index is 583. The van der Waals surface area contributed by atoms with E-state index in [-0.39, 0.29) is 0 Å². The van der Waals surface area contributed by atoms with E-state index >= 15 is 0 Å². The first-order chi connectivity index (χ1) is 9.04. The Morgan fingerprint density at radius 3 is 2.63 bits per heavy atom. The average molecular weight is 315 g/mol. The van der Waals surface area contributed by atoms with Gasteiger partial charge in [0, 0.05) is 17.2 Å². The highest BCUT2D eigenvalue weighted by Crippen LogP contribution is 2.54. The van der Waals surface area contributed by atoms with Crippen LogP contribution >= 0.6 is 35.0 Å². The Hall–Kier alpha value is -0.710. The summed E-state index contributed by atoms with van der Waals surface area (Å²) in [6, 6.07) is 7.99. The van der Waals surface area contributed by atoms with Crippen LogP contribution in [0, 0.1) is 12.8 Å². The van der Waals surface area contributed by atoms with Crippen LogP contribution in [0.5, 0.6) is 0 Å². The molecule has 0 N–H and O–H groups in total. The lowest BCUT2D eigenvalue weighted by Crippen LogP contribution is -1.92. The van der Waals surface area contributed by atoms with Crippen LogP contribution in [0.4, 0.5) is 0 Å². The summed E-state index contributed by atoms with van der Waals surface area (Å²) in [4.78, 5) is 0. The van der Waals surface area contributed by atoms with Crippen molar-refractivity contribution in [2.24, 2.45) is 5.92 Å². The summed E-state index contributed by atoms with van der Waals surface area (Å²) < 4.78 is 5.06. The maximum atomic E-state index is 5.97. The van der Waals surface area contributed by atoms with Crippen LogP contribution in [0.25, 0.3) is 11.5 Å². The molecular weight excluding hydrogens is 303 g/mol. The van der Waals surface area contributed by atoms with E-state index in [0.29, 0.717) is 17.0 Å². The predicted molar refractivity (Wildman–Crippen MR) is 77.7 cm³/mol. The first-order valence-corrected chi connectivity index (χ1v) is 7.70. The smallest absolute Gasteiger partial charge is 0.276 e. The second-order valence-electron chi connectivity index (χ2n) is 4.71. The van der Waals surface area contributed by atoms with Crippen molar-refractivity contribution in [2.75, 3.05) is 5.75 Å². The number of aryl methyl sites for hydroxylation is 1. The van der Waals surface area contributed by atoms with Crippen LogP contribution < -0.4 is 0 Å². The summed E-state index contributed by atoms with van der Waals surface area (Å²) in [6.45, 7) is 2.04. The monoisotopic (exact) mass is 314 g/mol. The van der Waals surface area contributed by atoms with Crippen molar-refractivity contribution in [3.8, 4) is 11.5 Å². The van der Waals surface area contributed by atoms with Gasteiger partial charge in [-0.05, 0) is 25.5 Å². The van der Waals surface area contributed by atoms with Crippen molar-refractivity contribution < 1.29 is 4.42 Å². The third-order valence-corrected chi connectivity index (χ3v) is 4.98. The van der Waals surface area contributed by atoms with Gasteiger partial charge in [-0.1, -0.05) is 29.5 Å². The number of rotatable bonds is 4. The number of benzene rings is 1. The van der Waals surface area contributed by atoms with Crippen molar-refractivity contribution in [1.82, 2.24) is 10.2 Å². The van der Waals surface area contributed by atoms with Crippen LogP contribution in [0.1, 0.15) is 12.0 Å². The van der Waals surface area contributed by atoms with Gasteiger partial charge in [0.1, 0.15) is 4.33 Å². The van der Waals surface area contributed by atoms with Crippen LogP contribution in [0.2, 0.25) is 0 Å². The highest BCUT2D eigenvalue weighted by Gasteiger charge is 2.51. The van der Waals surface area contributed by atoms with Gasteiger partial charge < -0.3 is 4.42 Å². The fourth-order valence-corrected chi connectivity index (χ4v) is 3.40. The van der Waals surface area contributed by atoms with Gasteiger partial charge in [-0.2, -0.15) is 0 Å². The first kappa shape index (κ1) is 13.3. The molecule has 3 rings (SSSR count). The fraction of sp³-hybridized carbons (Fsp3) is 0.385. The third-order valence-electron chi connectivity index (χ3n) is 3.07. The zero-order valence-electron chi connectivity index (χ0n) is 10.3. The minimum Gasteiger partial charge on any atom is -0.411 e. The Balaban J connectivity index is 1.64. The number of alkyl halides is 2. The summed E-state index contributed by atoms with van der Waals surface area (Å²) >= 11 is 13.5. The van der Waals surface area contributed by atoms with E-state index in [1.54, 1.807) is 0 Å². The Labute approximate surface area is 125 Å². The topological polar surface area (TPSA) is 38.9 Å². The number of thioether (sulfide) groups is 1. The molecule has 1 saturated carbocycles. The first-order valence-electron chi connectivity index (χ1n) is 5.96. The quantitative estimate of drug-likeness (QED) is 0.622. The molecule has 1 unspecified atom stereocenters. The molecule has 1 fully saturated rings. The van der Waals surface area contributed by atoms with Crippen molar-refractivity contribution in [2.45, 2.75) is 22.9 Å². The summed E-state index contributed by atoms with van der Waals surface area (Å²) in [5.41, 5.74) is 2.13. The van der Waals surface area contributed by atoms with Gasteiger partial charge in [-0.3, -0.25) is 0 Å². The maximum Gasteiger partial charge on any atom is 0.276 e. The molecule has 1 aromatic heterocycles. The van der Waals surface area contributed by atoms with Gasteiger partial charge in [0.05, 0.1) is 0 Å². The minimum atomic E-state index is -0.549. The lowest BCUT2D eigenvalue weighted by atomic mass is 10.1.